The quantitative estimate of drug-likeness (QED) is 0.0737. The van der Waals surface area contributed by atoms with Crippen molar-refractivity contribution in [3.63, 3.8) is 0 Å². The molecule has 0 spiro atoms. The van der Waals surface area contributed by atoms with Gasteiger partial charge in [-0.05, 0) is 61.8 Å². The second kappa shape index (κ2) is 20.5. The van der Waals surface area contributed by atoms with E-state index in [1.807, 2.05) is 55.9 Å². The monoisotopic (exact) mass is 723 g/mol. The van der Waals surface area contributed by atoms with Crippen molar-refractivity contribution < 1.29 is 39.2 Å². The molecule has 1 aliphatic rings. The molecule has 284 valence electrons. The number of nitrogens with zero attached hydrogens (tertiary/aromatic N) is 4. The number of urea groups is 1. The average molecular weight is 724 g/mol. The van der Waals surface area contributed by atoms with E-state index in [2.05, 4.69) is 25.8 Å². The number of carbonyl (C=O) groups is 4. The smallest absolute Gasteiger partial charge is 0.329 e. The maximum absolute atomic E-state index is 14.2. The molecule has 1 fully saturated rings. The van der Waals surface area contributed by atoms with Crippen molar-refractivity contribution >= 4 is 34.7 Å². The predicted molar refractivity (Wildman–Crippen MR) is 192 cm³/mol. The van der Waals surface area contributed by atoms with Gasteiger partial charge in [-0.1, -0.05) is 51.0 Å². The Morgan fingerprint density at radius 1 is 0.846 bits per heavy atom. The van der Waals surface area contributed by atoms with Gasteiger partial charge in [0.2, 0.25) is 11.8 Å². The Hall–Kier alpha value is -4.57. The number of likely N-dealkylation sites (tertiary alicyclic amines) is 1. The third-order valence-corrected chi connectivity index (χ3v) is 8.98. The highest BCUT2D eigenvalue weighted by Gasteiger charge is 2.32. The van der Waals surface area contributed by atoms with Crippen molar-refractivity contribution in [2.45, 2.75) is 89.8 Å². The lowest BCUT2D eigenvalue weighted by Crippen LogP contribution is -2.58. The van der Waals surface area contributed by atoms with E-state index in [0.717, 1.165) is 42.1 Å². The first kappa shape index (κ1) is 40.2. The van der Waals surface area contributed by atoms with Crippen molar-refractivity contribution in [3.8, 4) is 0 Å². The van der Waals surface area contributed by atoms with E-state index in [1.165, 1.54) is 0 Å². The molecule has 2 unspecified atom stereocenters. The van der Waals surface area contributed by atoms with Crippen molar-refractivity contribution in [2.24, 2.45) is 13.0 Å². The summed E-state index contributed by atoms with van der Waals surface area (Å²) in [5, 5.41) is 26.6. The van der Waals surface area contributed by atoms with E-state index in [9.17, 15) is 19.2 Å². The minimum atomic E-state index is -1.13. The summed E-state index contributed by atoms with van der Waals surface area (Å²) in [6, 6.07) is 9.58. The Kier molecular flexibility index (Phi) is 15.8. The van der Waals surface area contributed by atoms with Gasteiger partial charge < -0.3 is 30.2 Å². The molecule has 3 atom stereocenters. The maximum atomic E-state index is 14.2. The number of rotatable bonds is 18. The fraction of sp³-hybridized carbons (Fsp3) is 0.541. The average Bonchev–Trinajstić information content (AvgIpc) is 3.25. The lowest BCUT2D eigenvalue weighted by Gasteiger charge is -2.28. The van der Waals surface area contributed by atoms with E-state index >= 15 is 0 Å². The zero-order chi connectivity index (χ0) is 37.5. The fourth-order valence-electron chi connectivity index (χ4n) is 6.32. The van der Waals surface area contributed by atoms with Crippen LogP contribution in [-0.4, -0.2) is 98.5 Å². The highest BCUT2D eigenvalue weighted by atomic mass is 17.1. The number of hydrogen-bond acceptors (Lipinski definition) is 10. The van der Waals surface area contributed by atoms with Crippen molar-refractivity contribution in [3.05, 3.63) is 66.1 Å². The van der Waals surface area contributed by atoms with Crippen LogP contribution in [0.2, 0.25) is 0 Å². The Morgan fingerprint density at radius 2 is 1.52 bits per heavy atom. The van der Waals surface area contributed by atoms with Crippen LogP contribution in [0.1, 0.15) is 70.1 Å². The first-order valence-corrected chi connectivity index (χ1v) is 18.1. The van der Waals surface area contributed by atoms with Crippen LogP contribution in [0.5, 0.6) is 0 Å². The number of amides is 4. The normalized spacial score (nSPS) is 15.2. The Labute approximate surface area is 304 Å². The first-order chi connectivity index (χ1) is 25.0. The van der Waals surface area contributed by atoms with Gasteiger partial charge in [-0.15, -0.1) is 0 Å². The van der Waals surface area contributed by atoms with Crippen LogP contribution in [0.4, 0.5) is 4.79 Å². The number of nitrogens with one attached hydrogen (secondary N) is 3. The molecule has 0 bridgehead atoms. The molecule has 15 nitrogen and oxygen atoms in total. The van der Waals surface area contributed by atoms with Gasteiger partial charge in [0.15, 0.2) is 0 Å². The van der Waals surface area contributed by atoms with Crippen molar-refractivity contribution in [2.75, 3.05) is 26.3 Å². The third kappa shape index (κ3) is 12.6. The number of esters is 1. The summed E-state index contributed by atoms with van der Waals surface area (Å²) in [5.41, 5.74) is 2.33. The molecule has 5 N–H and O–H groups in total. The summed E-state index contributed by atoms with van der Waals surface area (Å²) >= 11 is 0. The molecule has 52 heavy (non-hydrogen) atoms. The number of unbranched alkanes of at least 4 members (excludes halogenated alkanes) is 1. The molecule has 1 aliphatic heterocycles. The second-order valence-electron chi connectivity index (χ2n) is 13.6. The van der Waals surface area contributed by atoms with Gasteiger partial charge in [-0.2, -0.15) is 0 Å². The molecular formula is C37H53N7O8. The van der Waals surface area contributed by atoms with E-state index in [0.29, 0.717) is 38.0 Å². The number of aryl methyl sites for hydroxylation is 1. The summed E-state index contributed by atoms with van der Waals surface area (Å²) in [7, 11) is 1.91. The van der Waals surface area contributed by atoms with Gasteiger partial charge in [0.1, 0.15) is 18.1 Å². The highest BCUT2D eigenvalue weighted by molar-refractivity contribution is 5.94. The van der Waals surface area contributed by atoms with Gasteiger partial charge in [0.05, 0.1) is 18.6 Å². The number of fused-ring (bicyclic) bond motifs is 1. The highest BCUT2D eigenvalue weighted by Crippen LogP contribution is 2.22. The zero-order valence-electron chi connectivity index (χ0n) is 30.3. The maximum Gasteiger partial charge on any atom is 0.329 e. The number of pyridine rings is 1. The van der Waals surface area contributed by atoms with Gasteiger partial charge in [0, 0.05) is 62.0 Å². The van der Waals surface area contributed by atoms with Gasteiger partial charge in [-0.25, -0.2) is 9.59 Å². The fourth-order valence-corrected chi connectivity index (χ4v) is 6.32. The lowest BCUT2D eigenvalue weighted by atomic mass is 10.0. The Balaban J connectivity index is 1.56. The SMILES string of the molecule is CC(C)CC(NC(=O)N1CCCCCC1)C(=O)NC(Cc1cn(C)c2ccccc12)C(=O)N[C@H](Cc1ccccn1)C(=O)OCCCCON(O)O. The molecule has 2 aromatic heterocycles. The zero-order valence-corrected chi connectivity index (χ0v) is 30.3. The molecule has 1 saturated heterocycles. The van der Waals surface area contributed by atoms with Crippen LogP contribution in [0.15, 0.2) is 54.9 Å². The summed E-state index contributed by atoms with van der Waals surface area (Å²) in [4.78, 5) is 65.6. The van der Waals surface area contributed by atoms with Gasteiger partial charge in [-0.3, -0.25) is 29.8 Å². The third-order valence-electron chi connectivity index (χ3n) is 8.98. The van der Waals surface area contributed by atoms with Crippen LogP contribution < -0.4 is 16.0 Å². The molecule has 1 aromatic carbocycles. The number of carbonyl (C=O) groups excluding carboxylic acids is 4. The minimum Gasteiger partial charge on any atom is -0.464 e. The molecule has 0 saturated carbocycles. The van der Waals surface area contributed by atoms with Crippen molar-refractivity contribution in [1.29, 1.82) is 0 Å². The van der Waals surface area contributed by atoms with E-state index < -0.39 is 35.9 Å². The number of para-hydroxylation sites is 1. The minimum absolute atomic E-state index is 0.00257. The van der Waals surface area contributed by atoms with Crippen LogP contribution >= 0.6 is 0 Å². The van der Waals surface area contributed by atoms with Crippen LogP contribution in [0.25, 0.3) is 10.9 Å². The molecular weight excluding hydrogens is 670 g/mol. The lowest BCUT2D eigenvalue weighted by molar-refractivity contribution is -0.492. The number of hydrogen-bond donors (Lipinski definition) is 5. The second-order valence-corrected chi connectivity index (χ2v) is 13.6. The molecule has 4 amide bonds. The molecule has 3 heterocycles. The summed E-state index contributed by atoms with van der Waals surface area (Å²) < 4.78 is 7.45. The molecule has 15 heteroatoms. The standard InChI is InChI=1S/C37H53N7O8/c1-26(2)22-30(41-37(48)43-18-10-4-5-11-19-43)34(45)39-31(23-27-25-42(3)33-16-7-6-15-29(27)33)35(46)40-32(24-28-14-8-9-17-38-28)36(47)51-20-12-13-21-52-44(49)50/h6-9,14-17,25-26,30-32,49-50H,4-5,10-13,18-24H2,1-3H3,(H,39,45)(H,40,46)(H,41,48)/t30?,31?,32-/m1/s1. The van der Waals surface area contributed by atoms with Crippen molar-refractivity contribution in [1.82, 2.24) is 35.8 Å². The van der Waals surface area contributed by atoms with Crippen LogP contribution in [0, 0.1) is 5.92 Å². The Morgan fingerprint density at radius 3 is 2.21 bits per heavy atom. The summed E-state index contributed by atoms with van der Waals surface area (Å²) in [6.07, 6.45) is 8.68. The van der Waals surface area contributed by atoms with Gasteiger partial charge in [0.25, 0.3) is 0 Å². The first-order valence-electron chi connectivity index (χ1n) is 18.1. The summed E-state index contributed by atoms with van der Waals surface area (Å²) in [5.74, 6) is -1.71. The Bertz CT molecular complexity index is 1590. The topological polar surface area (TPSA) is 188 Å². The van der Waals surface area contributed by atoms with Crippen LogP contribution in [-0.2, 0) is 43.8 Å². The largest absolute Gasteiger partial charge is 0.464 e. The predicted octanol–water partition coefficient (Wildman–Crippen LogP) is 3.66. The van der Waals surface area contributed by atoms with E-state index in [-0.39, 0.29) is 43.4 Å². The molecule has 4 rings (SSSR count). The van der Waals surface area contributed by atoms with Crippen LogP contribution in [0.3, 0.4) is 0 Å². The van der Waals surface area contributed by atoms with E-state index in [1.54, 1.807) is 29.3 Å². The number of aromatic nitrogens is 2. The summed E-state index contributed by atoms with van der Waals surface area (Å²) in [6.45, 7) is 5.17. The molecule has 3 aromatic rings. The number of benzene rings is 1. The molecule has 0 radical (unpaired) electrons. The van der Waals surface area contributed by atoms with E-state index in [4.69, 9.17) is 15.2 Å². The van der Waals surface area contributed by atoms with Gasteiger partial charge >= 0.3 is 12.0 Å². The number of ether oxygens (including phenoxy) is 1. The molecule has 0 aliphatic carbocycles.